The van der Waals surface area contributed by atoms with Crippen LogP contribution < -0.4 is 15.2 Å². The van der Waals surface area contributed by atoms with Gasteiger partial charge in [0, 0.05) is 0 Å². The molecular formula is C21H17N5O2. The van der Waals surface area contributed by atoms with Gasteiger partial charge in [-0.05, 0) is 35.9 Å². The van der Waals surface area contributed by atoms with E-state index in [1.807, 2.05) is 30.3 Å². The van der Waals surface area contributed by atoms with Crippen LogP contribution in [0.2, 0.25) is 0 Å². The van der Waals surface area contributed by atoms with Gasteiger partial charge in [0.05, 0.1) is 25.5 Å². The molecule has 0 amide bonds. The van der Waals surface area contributed by atoms with E-state index in [-0.39, 0.29) is 22.6 Å². The molecule has 0 fully saturated rings. The number of nitrogen functional groups attached to an aromatic ring is 1. The largest absolute Gasteiger partial charge is 0.493 e. The van der Waals surface area contributed by atoms with Gasteiger partial charge >= 0.3 is 0 Å². The number of ether oxygens (including phenoxy) is 2. The molecule has 1 aromatic heterocycles. The van der Waals surface area contributed by atoms with Crippen molar-refractivity contribution in [3.05, 3.63) is 65.4 Å². The van der Waals surface area contributed by atoms with Gasteiger partial charge in [0.25, 0.3) is 0 Å². The number of methoxy groups -OCH3 is 2. The van der Waals surface area contributed by atoms with Crippen LogP contribution in [0, 0.1) is 22.7 Å². The van der Waals surface area contributed by atoms with E-state index in [2.05, 4.69) is 17.2 Å². The van der Waals surface area contributed by atoms with Gasteiger partial charge in [-0.3, -0.25) is 0 Å². The van der Waals surface area contributed by atoms with Crippen molar-refractivity contribution in [2.45, 2.75) is 0 Å². The van der Waals surface area contributed by atoms with Crippen molar-refractivity contribution >= 4 is 17.5 Å². The second-order valence-electron chi connectivity index (χ2n) is 5.75. The molecule has 28 heavy (non-hydrogen) atoms. The molecule has 0 radical (unpaired) electrons. The smallest absolute Gasteiger partial charge is 0.161 e. The van der Waals surface area contributed by atoms with E-state index >= 15 is 0 Å². The van der Waals surface area contributed by atoms with E-state index in [4.69, 9.17) is 15.2 Å². The Balaban J connectivity index is 2.12. The zero-order valence-electron chi connectivity index (χ0n) is 15.4. The Bertz CT molecular complexity index is 1120. The molecule has 0 saturated carbocycles. The third-order valence-electron chi connectivity index (χ3n) is 4.13. The first-order chi connectivity index (χ1) is 13.6. The third-order valence-corrected chi connectivity index (χ3v) is 4.13. The fourth-order valence-corrected chi connectivity index (χ4v) is 2.76. The summed E-state index contributed by atoms with van der Waals surface area (Å²) in [6.45, 7) is 0. The molecule has 0 unspecified atom stereocenters. The number of nitriles is 2. The van der Waals surface area contributed by atoms with Gasteiger partial charge < -0.3 is 15.2 Å². The molecule has 2 N–H and O–H groups in total. The highest BCUT2D eigenvalue weighted by molar-refractivity contribution is 5.91. The van der Waals surface area contributed by atoms with Crippen LogP contribution in [0.4, 0.5) is 5.82 Å². The number of nitrogens with zero attached hydrogens (tertiary/aromatic N) is 4. The van der Waals surface area contributed by atoms with Gasteiger partial charge in [-0.1, -0.05) is 24.3 Å². The molecule has 7 heteroatoms. The first-order valence-electron chi connectivity index (χ1n) is 8.31. The van der Waals surface area contributed by atoms with Crippen LogP contribution in [-0.4, -0.2) is 24.0 Å². The van der Waals surface area contributed by atoms with Crippen molar-refractivity contribution < 1.29 is 9.47 Å². The Labute approximate surface area is 162 Å². The quantitative estimate of drug-likeness (QED) is 0.688. The van der Waals surface area contributed by atoms with Crippen LogP contribution in [0.15, 0.2) is 48.5 Å². The van der Waals surface area contributed by atoms with Crippen molar-refractivity contribution in [1.82, 2.24) is 9.78 Å². The summed E-state index contributed by atoms with van der Waals surface area (Å²) in [6, 6.07) is 18.6. The van der Waals surface area contributed by atoms with Gasteiger partial charge in [-0.2, -0.15) is 15.6 Å². The summed E-state index contributed by atoms with van der Waals surface area (Å²) in [5.74, 6) is 1.29. The van der Waals surface area contributed by atoms with Gasteiger partial charge in [0.2, 0.25) is 0 Å². The summed E-state index contributed by atoms with van der Waals surface area (Å²) in [6.07, 6.45) is 1.62. The van der Waals surface area contributed by atoms with Gasteiger partial charge in [-0.25, -0.2) is 4.68 Å². The standard InChI is InChI=1S/C21H17N5O2/c1-27-18-9-8-14(11-19(18)28-2)10-15(12-22)20-17(13-23)21(24)26(25-20)16-6-4-3-5-7-16/h3-11H,24H2,1-2H3/b15-10+. The number of rotatable bonds is 5. The maximum Gasteiger partial charge on any atom is 0.161 e. The molecule has 0 bridgehead atoms. The van der Waals surface area contributed by atoms with Crippen LogP contribution >= 0.6 is 0 Å². The zero-order chi connectivity index (χ0) is 20.1. The van der Waals surface area contributed by atoms with Crippen molar-refractivity contribution in [1.29, 1.82) is 10.5 Å². The van der Waals surface area contributed by atoms with Crippen LogP contribution in [0.3, 0.4) is 0 Å². The van der Waals surface area contributed by atoms with E-state index in [9.17, 15) is 10.5 Å². The molecule has 0 saturated heterocycles. The predicted molar refractivity (Wildman–Crippen MR) is 106 cm³/mol. The van der Waals surface area contributed by atoms with E-state index in [1.165, 1.54) is 11.8 Å². The van der Waals surface area contributed by atoms with Crippen LogP contribution in [0.5, 0.6) is 11.5 Å². The number of aromatic nitrogens is 2. The van der Waals surface area contributed by atoms with Gasteiger partial charge in [0.1, 0.15) is 29.2 Å². The summed E-state index contributed by atoms with van der Waals surface area (Å²) < 4.78 is 12.0. The second kappa shape index (κ2) is 7.98. The van der Waals surface area contributed by atoms with E-state index in [1.54, 1.807) is 31.4 Å². The molecule has 0 aliphatic heterocycles. The summed E-state index contributed by atoms with van der Waals surface area (Å²) in [7, 11) is 3.08. The number of nitrogens with two attached hydrogens (primary N) is 1. The zero-order valence-corrected chi connectivity index (χ0v) is 15.4. The van der Waals surface area contributed by atoms with Crippen molar-refractivity contribution in [3.63, 3.8) is 0 Å². The van der Waals surface area contributed by atoms with Crippen molar-refractivity contribution in [2.75, 3.05) is 20.0 Å². The highest BCUT2D eigenvalue weighted by Gasteiger charge is 2.20. The minimum absolute atomic E-state index is 0.150. The Hall–Kier alpha value is -4.23. The fourth-order valence-electron chi connectivity index (χ4n) is 2.76. The first kappa shape index (κ1) is 18.6. The lowest BCUT2D eigenvalue weighted by molar-refractivity contribution is 0.355. The molecule has 0 spiro atoms. The van der Waals surface area contributed by atoms with Crippen molar-refractivity contribution in [3.8, 4) is 29.3 Å². The van der Waals surface area contributed by atoms with Crippen LogP contribution in [0.25, 0.3) is 17.3 Å². The molecule has 3 aromatic rings. The number of anilines is 1. The average molecular weight is 371 g/mol. The molecular weight excluding hydrogens is 354 g/mol. The Kier molecular flexibility index (Phi) is 5.29. The number of hydrogen-bond acceptors (Lipinski definition) is 6. The highest BCUT2D eigenvalue weighted by atomic mass is 16.5. The van der Waals surface area contributed by atoms with Gasteiger partial charge in [-0.15, -0.1) is 0 Å². The SMILES string of the molecule is COc1ccc(/C=C(\C#N)c2nn(-c3ccccc3)c(N)c2C#N)cc1OC. The molecule has 0 atom stereocenters. The lowest BCUT2D eigenvalue weighted by Crippen LogP contribution is -2.02. The Morgan fingerprint density at radius 3 is 2.39 bits per heavy atom. The molecule has 0 aliphatic carbocycles. The first-order valence-corrected chi connectivity index (χ1v) is 8.31. The Morgan fingerprint density at radius 2 is 1.79 bits per heavy atom. The third kappa shape index (κ3) is 3.37. The summed E-state index contributed by atoms with van der Waals surface area (Å²) in [5, 5.41) is 23.7. The molecule has 2 aromatic carbocycles. The average Bonchev–Trinajstić information content (AvgIpc) is 3.08. The number of hydrogen-bond donors (Lipinski definition) is 1. The van der Waals surface area contributed by atoms with E-state index in [0.717, 1.165) is 0 Å². The normalized spacial score (nSPS) is 10.8. The lowest BCUT2D eigenvalue weighted by Gasteiger charge is -2.07. The predicted octanol–water partition coefficient (Wildman–Crippen LogP) is 3.41. The Morgan fingerprint density at radius 1 is 1.07 bits per heavy atom. The van der Waals surface area contributed by atoms with E-state index < -0.39 is 0 Å². The maximum absolute atomic E-state index is 9.69. The second-order valence-corrected chi connectivity index (χ2v) is 5.75. The maximum atomic E-state index is 9.69. The number of para-hydroxylation sites is 1. The lowest BCUT2D eigenvalue weighted by atomic mass is 10.1. The number of allylic oxidation sites excluding steroid dienone is 1. The molecule has 1 heterocycles. The molecule has 7 nitrogen and oxygen atoms in total. The monoisotopic (exact) mass is 371 g/mol. The molecule has 138 valence electrons. The van der Waals surface area contributed by atoms with Crippen LogP contribution in [0.1, 0.15) is 16.8 Å². The summed E-state index contributed by atoms with van der Waals surface area (Å²) in [4.78, 5) is 0. The minimum Gasteiger partial charge on any atom is -0.493 e. The van der Waals surface area contributed by atoms with Crippen molar-refractivity contribution in [2.24, 2.45) is 0 Å². The van der Waals surface area contributed by atoms with Crippen LogP contribution in [-0.2, 0) is 0 Å². The molecule has 3 rings (SSSR count). The summed E-state index contributed by atoms with van der Waals surface area (Å²) in [5.41, 5.74) is 8.11. The fraction of sp³-hybridized carbons (Fsp3) is 0.0952. The number of benzene rings is 2. The highest BCUT2D eigenvalue weighted by Crippen LogP contribution is 2.31. The molecule has 0 aliphatic rings. The topological polar surface area (TPSA) is 110 Å². The summed E-state index contributed by atoms with van der Waals surface area (Å²) >= 11 is 0. The van der Waals surface area contributed by atoms with E-state index in [0.29, 0.717) is 22.7 Å². The van der Waals surface area contributed by atoms with Gasteiger partial charge in [0.15, 0.2) is 11.5 Å². The minimum atomic E-state index is 0.150.